The maximum Gasteiger partial charge on any atom is 0.0711 e. The van der Waals surface area contributed by atoms with E-state index in [1.165, 1.54) is 0 Å². The summed E-state index contributed by atoms with van der Waals surface area (Å²) in [6.07, 6.45) is 0. The number of hydrogen-bond acceptors (Lipinski definition) is 1. The Labute approximate surface area is 69.2 Å². The van der Waals surface area contributed by atoms with Crippen LogP contribution >= 0.6 is 23.2 Å². The van der Waals surface area contributed by atoms with Crippen LogP contribution < -0.4 is 0 Å². The highest BCUT2D eigenvalue weighted by Crippen LogP contribution is 2.22. The summed E-state index contributed by atoms with van der Waals surface area (Å²) in [4.78, 5) is 0. The first-order valence-electron chi connectivity index (χ1n) is 2.71. The zero-order valence-electron chi connectivity index (χ0n) is 5.06. The van der Waals surface area contributed by atoms with Crippen LogP contribution in [0.5, 0.6) is 0 Å². The highest BCUT2D eigenvalue weighted by Gasteiger charge is 2.01. The Morgan fingerprint density at radius 2 is 2.20 bits per heavy atom. The molecule has 53 valence electrons. The van der Waals surface area contributed by atoms with Crippen molar-refractivity contribution in [1.82, 2.24) is 0 Å². The van der Waals surface area contributed by atoms with Gasteiger partial charge in [-0.1, -0.05) is 29.3 Å². The molecule has 3 heteroatoms. The minimum Gasteiger partial charge on any atom is -0.392 e. The molecule has 0 aliphatic carbocycles. The quantitative estimate of drug-likeness (QED) is 0.695. The maximum atomic E-state index is 8.71. The highest BCUT2D eigenvalue weighted by atomic mass is 35.5. The van der Waals surface area contributed by atoms with Crippen LogP contribution in [0.25, 0.3) is 0 Å². The van der Waals surface area contributed by atoms with Gasteiger partial charge in [-0.3, -0.25) is 0 Å². The predicted octanol–water partition coefficient (Wildman–Crippen LogP) is 2.29. The summed E-state index contributed by atoms with van der Waals surface area (Å²) in [6.45, 7) is -0.144. The van der Waals surface area contributed by atoms with E-state index in [1.807, 2.05) is 0 Å². The Kier molecular flexibility index (Phi) is 2.55. The van der Waals surface area contributed by atoms with E-state index < -0.39 is 0 Å². The lowest BCUT2D eigenvalue weighted by molar-refractivity contribution is 0.282. The fourth-order valence-electron chi connectivity index (χ4n) is 0.625. The van der Waals surface area contributed by atoms with Crippen LogP contribution in [0.1, 0.15) is 5.56 Å². The lowest BCUT2D eigenvalue weighted by Gasteiger charge is -2.00. The summed E-state index contributed by atoms with van der Waals surface area (Å²) >= 11 is 11.3. The molecule has 0 unspecified atom stereocenters. The normalized spacial score (nSPS) is 9.90. The molecular formula is C7H5Cl2O. The number of halogens is 2. The molecule has 0 aliphatic heterocycles. The molecular weight excluding hydrogens is 171 g/mol. The molecule has 1 radical (unpaired) electrons. The van der Waals surface area contributed by atoms with Crippen molar-refractivity contribution in [3.05, 3.63) is 33.8 Å². The van der Waals surface area contributed by atoms with Crippen LogP contribution in [0.2, 0.25) is 10.0 Å². The molecule has 1 rings (SSSR count). The largest absolute Gasteiger partial charge is 0.392 e. The van der Waals surface area contributed by atoms with E-state index in [2.05, 4.69) is 6.07 Å². The first kappa shape index (κ1) is 7.86. The molecule has 0 saturated heterocycles. The van der Waals surface area contributed by atoms with Crippen molar-refractivity contribution in [2.24, 2.45) is 0 Å². The fourth-order valence-corrected chi connectivity index (χ4v) is 1.12. The van der Waals surface area contributed by atoms with E-state index in [9.17, 15) is 0 Å². The summed E-state index contributed by atoms with van der Waals surface area (Å²) in [5, 5.41) is 9.57. The molecule has 0 aliphatic rings. The van der Waals surface area contributed by atoms with Gasteiger partial charge in [-0.15, -0.1) is 0 Å². The average molecular weight is 176 g/mol. The summed E-state index contributed by atoms with van der Waals surface area (Å²) in [6, 6.07) is 5.97. The van der Waals surface area contributed by atoms with Gasteiger partial charge >= 0.3 is 0 Å². The van der Waals surface area contributed by atoms with Crippen molar-refractivity contribution in [1.29, 1.82) is 0 Å². The van der Waals surface area contributed by atoms with Gasteiger partial charge in [0.25, 0.3) is 0 Å². The van der Waals surface area contributed by atoms with E-state index in [4.69, 9.17) is 28.3 Å². The van der Waals surface area contributed by atoms with Gasteiger partial charge in [-0.25, -0.2) is 0 Å². The molecule has 0 bridgehead atoms. The number of benzene rings is 1. The summed E-state index contributed by atoms with van der Waals surface area (Å²) in [5.74, 6) is 0. The Hall–Kier alpha value is -0.240. The second-order valence-electron chi connectivity index (χ2n) is 1.78. The van der Waals surface area contributed by atoms with Crippen LogP contribution in [0.15, 0.2) is 12.1 Å². The average Bonchev–Trinajstić information content (AvgIpc) is 1.88. The molecule has 0 atom stereocenters. The van der Waals surface area contributed by atoms with Crippen molar-refractivity contribution in [3.63, 3.8) is 0 Å². The molecule has 10 heavy (non-hydrogen) atoms. The Morgan fingerprint density at radius 1 is 1.50 bits per heavy atom. The molecule has 1 N–H and O–H groups in total. The third-order valence-corrected chi connectivity index (χ3v) is 1.84. The predicted molar refractivity (Wildman–Crippen MR) is 41.2 cm³/mol. The van der Waals surface area contributed by atoms with Gasteiger partial charge in [-0.2, -0.15) is 0 Å². The van der Waals surface area contributed by atoms with Gasteiger partial charge in [0.05, 0.1) is 11.6 Å². The number of aliphatic hydroxyl groups is 1. The third-order valence-electron chi connectivity index (χ3n) is 1.15. The summed E-state index contributed by atoms with van der Waals surface area (Å²) < 4.78 is 0. The molecule has 0 spiro atoms. The van der Waals surface area contributed by atoms with Crippen molar-refractivity contribution in [2.45, 2.75) is 6.61 Å². The minimum atomic E-state index is -0.144. The van der Waals surface area contributed by atoms with Crippen molar-refractivity contribution in [3.8, 4) is 0 Å². The van der Waals surface area contributed by atoms with Gasteiger partial charge in [0.1, 0.15) is 0 Å². The third kappa shape index (κ3) is 1.43. The van der Waals surface area contributed by atoms with Crippen molar-refractivity contribution in [2.75, 3.05) is 0 Å². The number of aliphatic hydroxyl groups excluding tert-OH is 1. The first-order valence-corrected chi connectivity index (χ1v) is 3.46. The first-order chi connectivity index (χ1) is 4.75. The monoisotopic (exact) mass is 175 g/mol. The molecule has 1 aromatic rings. The van der Waals surface area contributed by atoms with Crippen LogP contribution in [0, 0.1) is 6.07 Å². The fraction of sp³-hybridized carbons (Fsp3) is 0.143. The van der Waals surface area contributed by atoms with Crippen LogP contribution in [0.4, 0.5) is 0 Å². The molecule has 0 aromatic heterocycles. The second-order valence-corrected chi connectivity index (χ2v) is 2.56. The number of hydrogen-bond donors (Lipinski definition) is 1. The molecule has 0 saturated carbocycles. The SMILES string of the molecule is OCc1c(Cl)[c]ccc1Cl. The molecule has 0 heterocycles. The second kappa shape index (κ2) is 3.24. The van der Waals surface area contributed by atoms with Gasteiger partial charge in [0.2, 0.25) is 0 Å². The van der Waals surface area contributed by atoms with Crippen LogP contribution in [-0.4, -0.2) is 5.11 Å². The number of rotatable bonds is 1. The van der Waals surface area contributed by atoms with E-state index in [0.717, 1.165) is 0 Å². The van der Waals surface area contributed by atoms with E-state index in [1.54, 1.807) is 12.1 Å². The van der Waals surface area contributed by atoms with Gasteiger partial charge in [0.15, 0.2) is 0 Å². The van der Waals surface area contributed by atoms with Gasteiger partial charge in [-0.05, 0) is 6.07 Å². The summed E-state index contributed by atoms with van der Waals surface area (Å²) in [5.41, 5.74) is 0.533. The zero-order valence-corrected chi connectivity index (χ0v) is 6.58. The smallest absolute Gasteiger partial charge is 0.0711 e. The molecule has 1 nitrogen and oxygen atoms in total. The summed E-state index contributed by atoms with van der Waals surface area (Å²) in [7, 11) is 0. The van der Waals surface area contributed by atoms with Gasteiger partial charge < -0.3 is 5.11 Å². The van der Waals surface area contributed by atoms with Crippen molar-refractivity contribution >= 4 is 23.2 Å². The Morgan fingerprint density at radius 3 is 2.60 bits per heavy atom. The standard InChI is InChI=1S/C7H5Cl2O/c8-6-2-1-3-7(9)5(6)4-10/h1-2,10H,4H2. The molecule has 1 aromatic carbocycles. The highest BCUT2D eigenvalue weighted by molar-refractivity contribution is 6.35. The van der Waals surface area contributed by atoms with Gasteiger partial charge in [0, 0.05) is 16.7 Å². The lowest BCUT2D eigenvalue weighted by atomic mass is 10.2. The maximum absolute atomic E-state index is 8.71. The molecule has 0 fully saturated rings. The Bertz CT molecular complexity index is 215. The van der Waals surface area contributed by atoms with E-state index in [0.29, 0.717) is 15.6 Å². The zero-order chi connectivity index (χ0) is 7.56. The lowest BCUT2D eigenvalue weighted by Crippen LogP contribution is -1.85. The van der Waals surface area contributed by atoms with Crippen LogP contribution in [0.3, 0.4) is 0 Å². The van der Waals surface area contributed by atoms with Crippen LogP contribution in [-0.2, 0) is 6.61 Å². The van der Waals surface area contributed by atoms with Crippen molar-refractivity contribution < 1.29 is 5.11 Å². The van der Waals surface area contributed by atoms with E-state index >= 15 is 0 Å². The molecule has 0 amide bonds. The minimum absolute atomic E-state index is 0.144. The Balaban J connectivity index is 3.17. The van der Waals surface area contributed by atoms with E-state index in [-0.39, 0.29) is 6.61 Å². The topological polar surface area (TPSA) is 20.2 Å².